The topological polar surface area (TPSA) is 48.1 Å². The second-order valence-electron chi connectivity index (χ2n) is 3.86. The first kappa shape index (κ1) is 12.6. The molecule has 0 fully saturated rings. The van der Waals surface area contributed by atoms with Gasteiger partial charge in [0.1, 0.15) is 5.75 Å². The number of nitrogens with two attached hydrogens (primary N) is 1. The van der Waals surface area contributed by atoms with Gasteiger partial charge >= 0.3 is 6.36 Å². The highest BCUT2D eigenvalue weighted by Crippen LogP contribution is 2.26. The molecular weight excluding hydrogens is 245 g/mol. The van der Waals surface area contributed by atoms with Crippen molar-refractivity contribution in [2.24, 2.45) is 5.73 Å². The molecule has 0 radical (unpaired) electrons. The van der Waals surface area contributed by atoms with Crippen molar-refractivity contribution in [2.75, 3.05) is 0 Å². The van der Waals surface area contributed by atoms with Gasteiger partial charge < -0.3 is 10.5 Å². The summed E-state index contributed by atoms with van der Waals surface area (Å²) in [6, 6.07) is 5.77. The summed E-state index contributed by atoms with van der Waals surface area (Å²) in [6.45, 7) is 2.11. The van der Waals surface area contributed by atoms with E-state index in [-0.39, 0.29) is 5.75 Å². The zero-order chi connectivity index (χ0) is 13.3. The van der Waals surface area contributed by atoms with Crippen molar-refractivity contribution >= 4 is 10.9 Å². The van der Waals surface area contributed by atoms with Crippen LogP contribution in [0.4, 0.5) is 13.2 Å². The van der Waals surface area contributed by atoms with Crippen molar-refractivity contribution in [2.45, 2.75) is 19.8 Å². The molecule has 0 aliphatic heterocycles. The third kappa shape index (κ3) is 2.70. The molecule has 1 heterocycles. The predicted molar refractivity (Wildman–Crippen MR) is 61.1 cm³/mol. The molecule has 2 rings (SSSR count). The molecule has 0 aliphatic carbocycles. The monoisotopic (exact) mass is 256 g/mol. The number of halogens is 3. The summed E-state index contributed by atoms with van der Waals surface area (Å²) in [4.78, 5) is 4.27. The lowest BCUT2D eigenvalue weighted by Crippen LogP contribution is -2.17. The normalized spacial score (nSPS) is 11.8. The molecular formula is C12H11F3N2O. The van der Waals surface area contributed by atoms with Crippen LogP contribution in [0.5, 0.6) is 5.75 Å². The third-order valence-electron chi connectivity index (χ3n) is 2.51. The van der Waals surface area contributed by atoms with E-state index in [1.807, 2.05) is 6.92 Å². The summed E-state index contributed by atoms with van der Waals surface area (Å²) in [7, 11) is 0. The van der Waals surface area contributed by atoms with E-state index in [0.29, 0.717) is 17.4 Å². The third-order valence-corrected chi connectivity index (χ3v) is 2.51. The highest BCUT2D eigenvalue weighted by molar-refractivity contribution is 5.81. The smallest absolute Gasteiger partial charge is 0.406 e. The van der Waals surface area contributed by atoms with E-state index < -0.39 is 6.36 Å². The van der Waals surface area contributed by atoms with Crippen LogP contribution in [0.25, 0.3) is 10.9 Å². The van der Waals surface area contributed by atoms with Gasteiger partial charge in [0.25, 0.3) is 0 Å². The van der Waals surface area contributed by atoms with Crippen LogP contribution in [-0.4, -0.2) is 11.3 Å². The SMILES string of the molecule is Cc1cc2cc(OC(F)(F)F)ccc2nc1CN. The summed E-state index contributed by atoms with van der Waals surface area (Å²) >= 11 is 0. The van der Waals surface area contributed by atoms with E-state index in [2.05, 4.69) is 9.72 Å². The Kier molecular flexibility index (Phi) is 3.13. The molecule has 6 heteroatoms. The molecule has 96 valence electrons. The van der Waals surface area contributed by atoms with Gasteiger partial charge in [0, 0.05) is 11.9 Å². The summed E-state index contributed by atoms with van der Waals surface area (Å²) in [6.07, 6.45) is -4.69. The Bertz CT molecular complexity index is 581. The van der Waals surface area contributed by atoms with Crippen LogP contribution >= 0.6 is 0 Å². The Hall–Kier alpha value is -1.82. The maximum absolute atomic E-state index is 12.1. The Morgan fingerprint density at radius 2 is 2.00 bits per heavy atom. The summed E-state index contributed by atoms with van der Waals surface area (Å²) < 4.78 is 40.1. The van der Waals surface area contributed by atoms with Gasteiger partial charge in [-0.1, -0.05) is 0 Å². The maximum atomic E-state index is 12.1. The average molecular weight is 256 g/mol. The molecule has 1 aromatic heterocycles. The molecule has 0 bridgehead atoms. The first-order valence-corrected chi connectivity index (χ1v) is 5.25. The number of rotatable bonds is 2. The van der Waals surface area contributed by atoms with Gasteiger partial charge in [0.15, 0.2) is 0 Å². The van der Waals surface area contributed by atoms with Gasteiger partial charge in [-0.05, 0) is 36.8 Å². The van der Waals surface area contributed by atoms with Crippen molar-refractivity contribution < 1.29 is 17.9 Å². The van der Waals surface area contributed by atoms with Crippen LogP contribution in [0.3, 0.4) is 0 Å². The fourth-order valence-electron chi connectivity index (χ4n) is 1.70. The summed E-state index contributed by atoms with van der Waals surface area (Å²) in [5.41, 5.74) is 7.68. The maximum Gasteiger partial charge on any atom is 0.573 e. The van der Waals surface area contributed by atoms with Crippen molar-refractivity contribution in [1.82, 2.24) is 4.98 Å². The number of fused-ring (bicyclic) bond motifs is 1. The Labute approximate surface area is 101 Å². The lowest BCUT2D eigenvalue weighted by Gasteiger charge is -2.10. The lowest BCUT2D eigenvalue weighted by atomic mass is 10.1. The largest absolute Gasteiger partial charge is 0.573 e. The molecule has 0 atom stereocenters. The molecule has 0 unspecified atom stereocenters. The predicted octanol–water partition coefficient (Wildman–Crippen LogP) is 2.90. The molecule has 2 aromatic rings. The number of hydrogen-bond acceptors (Lipinski definition) is 3. The van der Waals surface area contributed by atoms with Gasteiger partial charge in [-0.3, -0.25) is 4.98 Å². The Morgan fingerprint density at radius 3 is 2.61 bits per heavy atom. The number of nitrogens with zero attached hydrogens (tertiary/aromatic N) is 1. The van der Waals surface area contributed by atoms with E-state index in [4.69, 9.17) is 5.73 Å². The highest BCUT2D eigenvalue weighted by Gasteiger charge is 2.31. The zero-order valence-corrected chi connectivity index (χ0v) is 9.58. The van der Waals surface area contributed by atoms with Gasteiger partial charge in [-0.25, -0.2) is 0 Å². The number of alkyl halides is 3. The lowest BCUT2D eigenvalue weighted by molar-refractivity contribution is -0.274. The van der Waals surface area contributed by atoms with Gasteiger partial charge in [-0.2, -0.15) is 0 Å². The van der Waals surface area contributed by atoms with Crippen LogP contribution in [-0.2, 0) is 6.54 Å². The molecule has 0 amide bonds. The van der Waals surface area contributed by atoms with E-state index in [9.17, 15) is 13.2 Å². The number of aromatic nitrogens is 1. The molecule has 0 saturated heterocycles. The van der Waals surface area contributed by atoms with Crippen LogP contribution < -0.4 is 10.5 Å². The van der Waals surface area contributed by atoms with Crippen LogP contribution in [0.1, 0.15) is 11.3 Å². The Morgan fingerprint density at radius 1 is 1.28 bits per heavy atom. The molecule has 1 aromatic carbocycles. The standard InChI is InChI=1S/C12H11F3N2O/c1-7-4-8-5-9(18-12(13,14)15)2-3-10(8)17-11(7)6-16/h2-5H,6,16H2,1H3. The van der Waals surface area contributed by atoms with Crippen molar-refractivity contribution in [3.05, 3.63) is 35.5 Å². The summed E-state index contributed by atoms with van der Waals surface area (Å²) in [5, 5.41) is 0.589. The fraction of sp³-hybridized carbons (Fsp3) is 0.250. The minimum atomic E-state index is -4.69. The Balaban J connectivity index is 2.46. The van der Waals surface area contributed by atoms with E-state index in [0.717, 1.165) is 11.3 Å². The summed E-state index contributed by atoms with van der Waals surface area (Å²) in [5.74, 6) is -0.253. The minimum absolute atomic E-state index is 0.253. The van der Waals surface area contributed by atoms with E-state index in [1.54, 1.807) is 6.07 Å². The van der Waals surface area contributed by atoms with E-state index in [1.165, 1.54) is 18.2 Å². The minimum Gasteiger partial charge on any atom is -0.406 e. The van der Waals surface area contributed by atoms with Crippen LogP contribution in [0.15, 0.2) is 24.3 Å². The van der Waals surface area contributed by atoms with Crippen LogP contribution in [0, 0.1) is 6.92 Å². The van der Waals surface area contributed by atoms with Gasteiger partial charge in [0.2, 0.25) is 0 Å². The molecule has 18 heavy (non-hydrogen) atoms. The molecule has 0 spiro atoms. The zero-order valence-electron chi connectivity index (χ0n) is 9.58. The molecule has 0 aliphatic rings. The molecule has 3 nitrogen and oxygen atoms in total. The molecule has 0 saturated carbocycles. The number of hydrogen-bond donors (Lipinski definition) is 1. The van der Waals surface area contributed by atoms with Crippen LogP contribution in [0.2, 0.25) is 0 Å². The van der Waals surface area contributed by atoms with E-state index >= 15 is 0 Å². The number of pyridine rings is 1. The second kappa shape index (κ2) is 4.45. The molecule has 2 N–H and O–H groups in total. The quantitative estimate of drug-likeness (QED) is 0.898. The average Bonchev–Trinajstić information content (AvgIpc) is 2.25. The van der Waals surface area contributed by atoms with Crippen molar-refractivity contribution in [3.8, 4) is 5.75 Å². The number of aryl methyl sites for hydroxylation is 1. The van der Waals surface area contributed by atoms with Gasteiger partial charge in [-0.15, -0.1) is 13.2 Å². The van der Waals surface area contributed by atoms with Crippen molar-refractivity contribution in [3.63, 3.8) is 0 Å². The number of benzene rings is 1. The van der Waals surface area contributed by atoms with Crippen molar-refractivity contribution in [1.29, 1.82) is 0 Å². The van der Waals surface area contributed by atoms with Gasteiger partial charge in [0.05, 0.1) is 11.2 Å². The highest BCUT2D eigenvalue weighted by atomic mass is 19.4. The first-order valence-electron chi connectivity index (χ1n) is 5.25. The first-order chi connectivity index (χ1) is 8.39. The fourth-order valence-corrected chi connectivity index (χ4v) is 1.70. The number of ether oxygens (including phenoxy) is 1. The second-order valence-corrected chi connectivity index (χ2v) is 3.86.